The van der Waals surface area contributed by atoms with E-state index in [9.17, 15) is 4.79 Å². The van der Waals surface area contributed by atoms with E-state index in [1.54, 1.807) is 22.9 Å². The number of rotatable bonds is 2. The van der Waals surface area contributed by atoms with Crippen molar-refractivity contribution in [3.05, 3.63) is 77.0 Å². The van der Waals surface area contributed by atoms with Crippen molar-refractivity contribution < 1.29 is 0 Å². The number of nitrogens with zero attached hydrogens (tertiary/aromatic N) is 2. The lowest BCUT2D eigenvalue weighted by atomic mass is 10.1. The molecule has 3 nitrogen and oxygen atoms in total. The maximum Gasteiger partial charge on any atom is 0.250 e. The molecule has 0 atom stereocenters. The number of pyridine rings is 2. The van der Waals surface area contributed by atoms with Crippen molar-refractivity contribution in [3.63, 3.8) is 0 Å². The summed E-state index contributed by atoms with van der Waals surface area (Å²) >= 11 is 0. The monoisotopic (exact) mass is 236 g/mol. The van der Waals surface area contributed by atoms with Crippen LogP contribution in [0.5, 0.6) is 0 Å². The third-order valence-corrected chi connectivity index (χ3v) is 3.01. The van der Waals surface area contributed by atoms with Gasteiger partial charge in [-0.3, -0.25) is 9.78 Å². The molecule has 0 fully saturated rings. The summed E-state index contributed by atoms with van der Waals surface area (Å²) < 4.78 is 1.70. The zero-order chi connectivity index (χ0) is 12.4. The summed E-state index contributed by atoms with van der Waals surface area (Å²) in [7, 11) is 0. The number of benzene rings is 1. The number of hydrogen-bond acceptors (Lipinski definition) is 2. The molecule has 0 unspecified atom stereocenters. The molecule has 0 aliphatic carbocycles. The van der Waals surface area contributed by atoms with E-state index in [2.05, 4.69) is 4.98 Å². The van der Waals surface area contributed by atoms with Crippen LogP contribution in [-0.4, -0.2) is 9.55 Å². The van der Waals surface area contributed by atoms with Gasteiger partial charge in [0.05, 0.1) is 6.54 Å². The van der Waals surface area contributed by atoms with E-state index in [0.29, 0.717) is 6.54 Å². The maximum atomic E-state index is 11.7. The molecule has 88 valence electrons. The predicted molar refractivity (Wildman–Crippen MR) is 71.5 cm³/mol. The Bertz CT molecular complexity index is 741. The molecule has 0 aliphatic rings. The van der Waals surface area contributed by atoms with Gasteiger partial charge in [0.25, 0.3) is 5.56 Å². The topological polar surface area (TPSA) is 34.9 Å². The van der Waals surface area contributed by atoms with Gasteiger partial charge in [-0.15, -0.1) is 0 Å². The van der Waals surface area contributed by atoms with Crippen LogP contribution in [0.2, 0.25) is 0 Å². The first kappa shape index (κ1) is 10.7. The minimum Gasteiger partial charge on any atom is -0.311 e. The van der Waals surface area contributed by atoms with Gasteiger partial charge in [0, 0.05) is 30.0 Å². The zero-order valence-electron chi connectivity index (χ0n) is 9.78. The van der Waals surface area contributed by atoms with E-state index in [-0.39, 0.29) is 5.56 Å². The molecule has 0 saturated heterocycles. The Labute approximate surface area is 104 Å². The Hall–Kier alpha value is -2.42. The molecular weight excluding hydrogens is 224 g/mol. The van der Waals surface area contributed by atoms with E-state index in [1.807, 2.05) is 42.7 Å². The minimum absolute atomic E-state index is 0.0172. The maximum absolute atomic E-state index is 11.7. The van der Waals surface area contributed by atoms with Gasteiger partial charge in [0.15, 0.2) is 0 Å². The van der Waals surface area contributed by atoms with Crippen molar-refractivity contribution in [2.24, 2.45) is 0 Å². The van der Waals surface area contributed by atoms with Gasteiger partial charge < -0.3 is 4.57 Å². The van der Waals surface area contributed by atoms with Gasteiger partial charge >= 0.3 is 0 Å². The van der Waals surface area contributed by atoms with Gasteiger partial charge in [0.2, 0.25) is 0 Å². The molecular formula is C15H12N2O. The van der Waals surface area contributed by atoms with Gasteiger partial charge in [0.1, 0.15) is 0 Å². The minimum atomic E-state index is 0.0172. The fourth-order valence-corrected chi connectivity index (χ4v) is 2.10. The summed E-state index contributed by atoms with van der Waals surface area (Å²) in [5.74, 6) is 0. The van der Waals surface area contributed by atoms with Gasteiger partial charge in [-0.05, 0) is 23.1 Å². The summed E-state index contributed by atoms with van der Waals surface area (Å²) in [6, 6.07) is 13.2. The molecule has 3 rings (SSSR count). The molecule has 2 aromatic heterocycles. The van der Waals surface area contributed by atoms with E-state index < -0.39 is 0 Å². The van der Waals surface area contributed by atoms with Crippen molar-refractivity contribution in [1.82, 2.24) is 9.55 Å². The summed E-state index contributed by atoms with van der Waals surface area (Å²) in [6.07, 6.45) is 5.43. The molecule has 3 aromatic rings. The Balaban J connectivity index is 2.11. The summed E-state index contributed by atoms with van der Waals surface area (Å²) in [5.41, 5.74) is 1.15. The summed E-state index contributed by atoms with van der Waals surface area (Å²) in [5, 5.41) is 2.24. The standard InChI is InChI=1S/C15H12N2O/c18-15-6-1-2-9-17(15)11-13-5-3-4-12-10-16-8-7-14(12)13/h1-10H,11H2. The van der Waals surface area contributed by atoms with E-state index in [4.69, 9.17) is 0 Å². The molecule has 18 heavy (non-hydrogen) atoms. The third kappa shape index (κ3) is 1.91. The van der Waals surface area contributed by atoms with Crippen LogP contribution in [0.15, 0.2) is 65.8 Å². The van der Waals surface area contributed by atoms with Crippen LogP contribution in [0.1, 0.15) is 5.56 Å². The molecule has 3 heteroatoms. The SMILES string of the molecule is O=c1ccccn1Cc1cccc2cnccc12. The van der Waals surface area contributed by atoms with Crippen LogP contribution >= 0.6 is 0 Å². The lowest BCUT2D eigenvalue weighted by Gasteiger charge is -2.08. The van der Waals surface area contributed by atoms with Crippen molar-refractivity contribution >= 4 is 10.8 Å². The highest BCUT2D eigenvalue weighted by Crippen LogP contribution is 2.17. The number of aromatic nitrogens is 2. The quantitative estimate of drug-likeness (QED) is 0.685. The van der Waals surface area contributed by atoms with Gasteiger partial charge in [-0.25, -0.2) is 0 Å². The molecule has 0 aliphatic heterocycles. The molecule has 2 heterocycles. The second kappa shape index (κ2) is 4.45. The Morgan fingerprint density at radius 2 is 2.00 bits per heavy atom. The molecule has 0 amide bonds. The fraction of sp³-hybridized carbons (Fsp3) is 0.0667. The Kier molecular flexibility index (Phi) is 2.65. The number of hydrogen-bond donors (Lipinski definition) is 0. The van der Waals surface area contributed by atoms with Crippen molar-refractivity contribution in [3.8, 4) is 0 Å². The van der Waals surface area contributed by atoms with Crippen LogP contribution in [-0.2, 0) is 6.54 Å². The Morgan fingerprint density at radius 1 is 1.06 bits per heavy atom. The molecule has 0 radical (unpaired) electrons. The first-order valence-electron chi connectivity index (χ1n) is 5.82. The molecule has 0 N–H and O–H groups in total. The molecule has 1 aromatic carbocycles. The first-order valence-corrected chi connectivity index (χ1v) is 5.82. The van der Waals surface area contributed by atoms with Crippen molar-refractivity contribution in [2.45, 2.75) is 6.54 Å². The summed E-state index contributed by atoms with van der Waals surface area (Å²) in [6.45, 7) is 0.584. The van der Waals surface area contributed by atoms with E-state index >= 15 is 0 Å². The zero-order valence-corrected chi connectivity index (χ0v) is 9.78. The van der Waals surface area contributed by atoms with Crippen LogP contribution in [0.4, 0.5) is 0 Å². The van der Waals surface area contributed by atoms with E-state index in [0.717, 1.165) is 16.3 Å². The van der Waals surface area contributed by atoms with Crippen LogP contribution < -0.4 is 5.56 Å². The average molecular weight is 236 g/mol. The third-order valence-electron chi connectivity index (χ3n) is 3.01. The van der Waals surface area contributed by atoms with Gasteiger partial charge in [-0.1, -0.05) is 24.3 Å². The molecule has 0 spiro atoms. The lowest BCUT2D eigenvalue weighted by molar-refractivity contribution is 0.764. The lowest BCUT2D eigenvalue weighted by Crippen LogP contribution is -2.18. The van der Waals surface area contributed by atoms with Crippen LogP contribution in [0, 0.1) is 0 Å². The highest BCUT2D eigenvalue weighted by Gasteiger charge is 2.02. The van der Waals surface area contributed by atoms with Crippen LogP contribution in [0.25, 0.3) is 10.8 Å². The average Bonchev–Trinajstić information content (AvgIpc) is 2.42. The van der Waals surface area contributed by atoms with E-state index in [1.165, 1.54) is 0 Å². The number of fused-ring (bicyclic) bond motifs is 1. The highest BCUT2D eigenvalue weighted by molar-refractivity contribution is 5.84. The smallest absolute Gasteiger partial charge is 0.250 e. The van der Waals surface area contributed by atoms with Crippen molar-refractivity contribution in [2.75, 3.05) is 0 Å². The van der Waals surface area contributed by atoms with Gasteiger partial charge in [-0.2, -0.15) is 0 Å². The second-order valence-corrected chi connectivity index (χ2v) is 4.18. The largest absolute Gasteiger partial charge is 0.311 e. The second-order valence-electron chi connectivity index (χ2n) is 4.18. The summed E-state index contributed by atoms with van der Waals surface area (Å²) in [4.78, 5) is 15.8. The molecule has 0 saturated carbocycles. The Morgan fingerprint density at radius 3 is 2.89 bits per heavy atom. The normalized spacial score (nSPS) is 10.7. The van der Waals surface area contributed by atoms with Crippen molar-refractivity contribution in [1.29, 1.82) is 0 Å². The first-order chi connectivity index (χ1) is 8.84. The fourth-order valence-electron chi connectivity index (χ4n) is 2.10. The molecule has 0 bridgehead atoms. The highest BCUT2D eigenvalue weighted by atomic mass is 16.1. The predicted octanol–water partition coefficient (Wildman–Crippen LogP) is 2.44. The van der Waals surface area contributed by atoms with Crippen LogP contribution in [0.3, 0.4) is 0 Å².